The minimum Gasteiger partial charge on any atom is -0.385 e. The summed E-state index contributed by atoms with van der Waals surface area (Å²) >= 11 is 1.50. The zero-order valence-corrected chi connectivity index (χ0v) is 14.4. The van der Waals surface area contributed by atoms with E-state index in [1.165, 1.54) is 11.3 Å². The number of hydrogen-bond acceptors (Lipinski definition) is 8. The van der Waals surface area contributed by atoms with Crippen LogP contribution in [-0.2, 0) is 0 Å². The third-order valence-corrected chi connectivity index (χ3v) is 5.07. The molecule has 0 saturated carbocycles. The molecule has 3 aromatic heterocycles. The number of aliphatic hydroxyl groups is 1. The first-order valence-electron chi connectivity index (χ1n) is 7.82. The third kappa shape index (κ3) is 2.74. The number of likely N-dealkylation sites (N-methyl/N-ethyl adjacent to an activating group) is 1. The lowest BCUT2D eigenvalue weighted by Crippen LogP contribution is -2.59. The predicted octanol–water partition coefficient (Wildman–Crippen LogP) is 0.743. The minimum absolute atomic E-state index is 0.401. The molecule has 3 aromatic rings. The van der Waals surface area contributed by atoms with Gasteiger partial charge in [0.15, 0.2) is 11.5 Å². The number of rotatable bonds is 5. The zero-order chi connectivity index (χ0) is 16.7. The largest absolute Gasteiger partial charge is 0.385 e. The number of aryl methyl sites for hydroxylation is 1. The van der Waals surface area contributed by atoms with Gasteiger partial charge in [-0.1, -0.05) is 0 Å². The Balaban J connectivity index is 1.37. The smallest absolute Gasteiger partial charge is 0.178 e. The van der Waals surface area contributed by atoms with E-state index in [-0.39, 0.29) is 0 Å². The lowest BCUT2D eigenvalue weighted by molar-refractivity contribution is 0.0921. The fraction of sp³-hybridized carbons (Fsp3) is 0.467. The van der Waals surface area contributed by atoms with Gasteiger partial charge in [-0.2, -0.15) is 4.52 Å². The van der Waals surface area contributed by atoms with Gasteiger partial charge in [-0.25, -0.2) is 4.98 Å². The highest BCUT2D eigenvalue weighted by Gasteiger charge is 2.32. The van der Waals surface area contributed by atoms with Crippen molar-refractivity contribution in [2.45, 2.75) is 19.1 Å². The van der Waals surface area contributed by atoms with Gasteiger partial charge in [0, 0.05) is 31.1 Å². The van der Waals surface area contributed by atoms with E-state index in [4.69, 9.17) is 0 Å². The summed E-state index contributed by atoms with van der Waals surface area (Å²) in [5.74, 6) is 1.71. The van der Waals surface area contributed by atoms with E-state index in [9.17, 15) is 5.11 Å². The topological polar surface area (TPSA) is 82.7 Å². The van der Waals surface area contributed by atoms with Crippen molar-refractivity contribution in [2.24, 2.45) is 0 Å². The molecule has 0 aromatic carbocycles. The first-order chi connectivity index (χ1) is 11.6. The van der Waals surface area contributed by atoms with Gasteiger partial charge in [-0.05, 0) is 26.1 Å². The van der Waals surface area contributed by atoms with E-state index < -0.39 is 6.10 Å². The Labute approximate surface area is 143 Å². The van der Waals surface area contributed by atoms with E-state index in [0.717, 1.165) is 36.1 Å². The first-order valence-corrected chi connectivity index (χ1v) is 8.76. The van der Waals surface area contributed by atoms with E-state index in [1.54, 1.807) is 10.0 Å². The molecule has 1 fully saturated rings. The quantitative estimate of drug-likeness (QED) is 0.730. The summed E-state index contributed by atoms with van der Waals surface area (Å²) < 4.78 is 1.76. The van der Waals surface area contributed by atoms with E-state index in [0.29, 0.717) is 12.6 Å². The highest BCUT2D eigenvalue weighted by Crippen LogP contribution is 2.23. The summed E-state index contributed by atoms with van der Waals surface area (Å²) in [6, 6.07) is 4.31. The van der Waals surface area contributed by atoms with Crippen LogP contribution >= 0.6 is 11.3 Å². The SMILES string of the molecule is Cc1nnc2ccc(N3CC(N(C)CC(O)c4cscn4)C3)nn12. The second kappa shape index (κ2) is 6.08. The van der Waals surface area contributed by atoms with Crippen LogP contribution < -0.4 is 4.90 Å². The summed E-state index contributed by atoms with van der Waals surface area (Å²) in [6.07, 6.45) is -0.538. The van der Waals surface area contributed by atoms with Crippen molar-refractivity contribution in [1.82, 2.24) is 29.7 Å². The van der Waals surface area contributed by atoms with Crippen LogP contribution in [0.4, 0.5) is 5.82 Å². The van der Waals surface area contributed by atoms with Crippen LogP contribution in [0.1, 0.15) is 17.6 Å². The van der Waals surface area contributed by atoms with Crippen molar-refractivity contribution in [1.29, 1.82) is 0 Å². The van der Waals surface area contributed by atoms with E-state index >= 15 is 0 Å². The van der Waals surface area contributed by atoms with Crippen LogP contribution in [0.3, 0.4) is 0 Å². The minimum atomic E-state index is -0.538. The van der Waals surface area contributed by atoms with Crippen molar-refractivity contribution in [3.05, 3.63) is 34.5 Å². The van der Waals surface area contributed by atoms with Crippen molar-refractivity contribution < 1.29 is 5.11 Å². The van der Waals surface area contributed by atoms with Crippen molar-refractivity contribution in [2.75, 3.05) is 31.6 Å². The van der Waals surface area contributed by atoms with Crippen molar-refractivity contribution >= 4 is 22.8 Å². The van der Waals surface area contributed by atoms with Gasteiger partial charge in [0.2, 0.25) is 0 Å². The molecule has 1 aliphatic heterocycles. The maximum Gasteiger partial charge on any atom is 0.178 e. The summed E-state index contributed by atoms with van der Waals surface area (Å²) in [7, 11) is 2.04. The van der Waals surface area contributed by atoms with Gasteiger partial charge in [-0.15, -0.1) is 26.6 Å². The normalized spacial score (nSPS) is 16.8. The Morgan fingerprint density at radius 3 is 2.96 bits per heavy atom. The van der Waals surface area contributed by atoms with Crippen LogP contribution in [0, 0.1) is 6.92 Å². The molecule has 9 heteroatoms. The van der Waals surface area contributed by atoms with Crippen LogP contribution in [0.15, 0.2) is 23.0 Å². The number of fused-ring (bicyclic) bond motifs is 1. The third-order valence-electron chi connectivity index (χ3n) is 4.47. The fourth-order valence-electron chi connectivity index (χ4n) is 2.88. The summed E-state index contributed by atoms with van der Waals surface area (Å²) in [6.45, 7) is 4.25. The summed E-state index contributed by atoms with van der Waals surface area (Å²) in [5, 5.41) is 24.8. The standard InChI is InChI=1S/C15H19N7OS/c1-10-17-18-14-3-4-15(19-22(10)14)21-5-11(6-21)20(2)7-13(23)12-8-24-9-16-12/h3-4,8-9,11,13,23H,5-7H2,1-2H3. The summed E-state index contributed by atoms with van der Waals surface area (Å²) in [4.78, 5) is 8.57. The Bertz CT molecular complexity index is 828. The van der Waals surface area contributed by atoms with Gasteiger partial charge in [0.05, 0.1) is 11.2 Å². The second-order valence-corrected chi connectivity index (χ2v) is 6.85. The molecule has 0 aliphatic carbocycles. The van der Waals surface area contributed by atoms with Crippen molar-refractivity contribution in [3.8, 4) is 0 Å². The van der Waals surface area contributed by atoms with Crippen LogP contribution in [0.2, 0.25) is 0 Å². The number of thiazole rings is 1. The van der Waals surface area contributed by atoms with Crippen molar-refractivity contribution in [3.63, 3.8) is 0 Å². The molecule has 0 amide bonds. The summed E-state index contributed by atoms with van der Waals surface area (Å²) in [5.41, 5.74) is 3.26. The second-order valence-electron chi connectivity index (χ2n) is 6.14. The molecule has 126 valence electrons. The van der Waals surface area contributed by atoms with Gasteiger partial charge in [0.25, 0.3) is 0 Å². The number of hydrogen-bond donors (Lipinski definition) is 1. The monoisotopic (exact) mass is 345 g/mol. The maximum absolute atomic E-state index is 10.2. The Kier molecular flexibility index (Phi) is 3.91. The molecular formula is C15H19N7OS. The Morgan fingerprint density at radius 1 is 1.38 bits per heavy atom. The molecular weight excluding hydrogens is 326 g/mol. The molecule has 1 atom stereocenters. The number of nitrogens with zero attached hydrogens (tertiary/aromatic N) is 7. The van der Waals surface area contributed by atoms with Gasteiger partial charge < -0.3 is 10.0 Å². The Morgan fingerprint density at radius 2 is 2.21 bits per heavy atom. The molecule has 1 aliphatic rings. The first kappa shape index (κ1) is 15.4. The Hall–Kier alpha value is -2.10. The van der Waals surface area contributed by atoms with Crippen LogP contribution in [0.5, 0.6) is 0 Å². The molecule has 1 unspecified atom stereocenters. The fourth-order valence-corrected chi connectivity index (χ4v) is 3.48. The number of anilines is 1. The van der Waals surface area contributed by atoms with E-state index in [1.807, 2.05) is 31.5 Å². The molecule has 0 bridgehead atoms. The van der Waals surface area contributed by atoms with Gasteiger partial charge in [0.1, 0.15) is 11.9 Å². The molecule has 4 heterocycles. The molecule has 0 radical (unpaired) electrons. The lowest BCUT2D eigenvalue weighted by atomic mass is 10.1. The van der Waals surface area contributed by atoms with E-state index in [2.05, 4.69) is 30.1 Å². The molecule has 8 nitrogen and oxygen atoms in total. The van der Waals surface area contributed by atoms with Crippen LogP contribution in [-0.4, -0.2) is 67.5 Å². The number of aliphatic hydroxyl groups excluding tert-OH is 1. The zero-order valence-electron chi connectivity index (χ0n) is 13.6. The van der Waals surface area contributed by atoms with Crippen LogP contribution in [0.25, 0.3) is 5.65 Å². The molecule has 24 heavy (non-hydrogen) atoms. The highest BCUT2D eigenvalue weighted by atomic mass is 32.1. The molecule has 0 spiro atoms. The average Bonchev–Trinajstić information content (AvgIpc) is 3.16. The average molecular weight is 345 g/mol. The predicted molar refractivity (Wildman–Crippen MR) is 91.2 cm³/mol. The number of aromatic nitrogens is 5. The van der Waals surface area contributed by atoms with Gasteiger partial charge in [-0.3, -0.25) is 4.90 Å². The van der Waals surface area contributed by atoms with Gasteiger partial charge >= 0.3 is 0 Å². The lowest BCUT2D eigenvalue weighted by Gasteiger charge is -2.45. The molecule has 1 N–H and O–H groups in total. The highest BCUT2D eigenvalue weighted by molar-refractivity contribution is 7.07. The molecule has 4 rings (SSSR count). The maximum atomic E-state index is 10.2. The molecule has 1 saturated heterocycles.